The van der Waals surface area contributed by atoms with Crippen molar-refractivity contribution in [1.82, 2.24) is 78.3 Å². The Hall–Kier alpha value is -10.8. The first kappa shape index (κ1) is 74.5. The van der Waals surface area contributed by atoms with Crippen LogP contribution in [0, 0.1) is 0 Å². The second-order valence-corrected chi connectivity index (χ2v) is 28.1. The van der Waals surface area contributed by atoms with Crippen LogP contribution in [-0.2, 0) is 0 Å². The highest BCUT2D eigenvalue weighted by Crippen LogP contribution is 2.34. The van der Waals surface area contributed by atoms with Crippen LogP contribution in [0.3, 0.4) is 0 Å². The number of rotatable bonds is 16. The van der Waals surface area contributed by atoms with E-state index in [1.54, 1.807) is 131 Å². The van der Waals surface area contributed by atoms with Crippen LogP contribution in [0.4, 0.5) is 65.7 Å². The Morgan fingerprint density at radius 2 is 0.692 bits per heavy atom. The number of nitrogens with zero attached hydrogens (tertiary/aromatic N) is 18. The van der Waals surface area contributed by atoms with Crippen molar-refractivity contribution in [3.63, 3.8) is 0 Å². The van der Waals surface area contributed by atoms with Gasteiger partial charge in [-0.15, -0.1) is 0 Å². The molecule has 8 N–H and O–H groups in total. The van der Waals surface area contributed by atoms with Gasteiger partial charge in [-0.3, -0.25) is 41.2 Å². The number of hydrogen-bond donors (Lipinski definition) is 8. The van der Waals surface area contributed by atoms with Crippen LogP contribution >= 0.6 is 63.7 Å². The topological polar surface area (TPSA) is 397 Å². The third-order valence-electron chi connectivity index (χ3n) is 17.4. The van der Waals surface area contributed by atoms with Gasteiger partial charge in [0.25, 0.3) is 0 Å². The minimum Gasteiger partial charge on any atom is -0.408 e. The van der Waals surface area contributed by atoms with Gasteiger partial charge in [0.05, 0.1) is 92.8 Å². The van der Waals surface area contributed by atoms with E-state index in [1.807, 2.05) is 9.80 Å². The molecule has 4 amide bonds. The van der Waals surface area contributed by atoms with E-state index < -0.39 is 24.4 Å². The quantitative estimate of drug-likeness (QED) is 0.0445. The van der Waals surface area contributed by atoms with Crippen molar-refractivity contribution in [2.24, 2.45) is 0 Å². The zero-order valence-corrected chi connectivity index (χ0v) is 63.3. The number of amides is 4. The molecule has 12 aromatic rings. The van der Waals surface area contributed by atoms with Gasteiger partial charge in [-0.05, 0) is 164 Å². The number of anilines is 8. The van der Waals surface area contributed by atoms with Gasteiger partial charge >= 0.3 is 24.4 Å². The maximum Gasteiger partial charge on any atom is 0.418 e. The fraction of sp³-hybridized carbons (Fsp3) is 0.304. The molecule has 38 heteroatoms. The summed E-state index contributed by atoms with van der Waals surface area (Å²) in [6.07, 6.45) is 30.6. The Kier molecular flexibility index (Phi) is 24.7. The predicted octanol–water partition coefficient (Wildman–Crippen LogP) is 13.0. The van der Waals surface area contributed by atoms with Gasteiger partial charge in [-0.2, -0.15) is 38.5 Å². The first-order chi connectivity index (χ1) is 52.2. The van der Waals surface area contributed by atoms with Crippen molar-refractivity contribution in [1.29, 1.82) is 0 Å². The first-order valence-electron chi connectivity index (χ1n) is 34.2. The average molecular weight is 1720 g/mol. The number of nitrogens with one attached hydrogen (secondary N) is 6. The molecule has 0 aromatic carbocycles. The molecule has 14 heterocycles. The maximum absolute atomic E-state index is 12.3. The summed E-state index contributed by atoms with van der Waals surface area (Å²) < 4.78 is 30.0. The molecule has 2 atom stereocenters. The van der Waals surface area contributed by atoms with E-state index in [0.717, 1.165) is 73.4 Å². The first-order valence-corrected chi connectivity index (χ1v) is 37.4. The molecule has 16 rings (SSSR count). The van der Waals surface area contributed by atoms with Gasteiger partial charge in [0.15, 0.2) is 45.6 Å². The SMILES string of the molecule is O=C(Nc1cc(N2CCC[C@@H]2CO)nc2c(Br)cnn12)Oc1cccnc1.O=C(Nc1cc(N2CCC[C@H]2CO)nc2c(Br)cnn12)Oc1cccnc1.O=C(Nc1cc(NC2CCCC2)nc2c(Br)cnn12)Oc1cccnc1.O=C(Nc1cc(NC2CCCCC2)nc2c(Br)cnn12)Oc1cccnc1. The minimum absolute atomic E-state index is 0.0110. The summed E-state index contributed by atoms with van der Waals surface area (Å²) in [5.74, 6) is 5.89. The van der Waals surface area contributed by atoms with Crippen LogP contribution in [0.2, 0.25) is 0 Å². The van der Waals surface area contributed by atoms with Gasteiger partial charge in [0.1, 0.15) is 46.5 Å². The molecule has 2 saturated carbocycles. The number of aliphatic hydroxyl groups is 2. The summed E-state index contributed by atoms with van der Waals surface area (Å²) in [5.41, 5.74) is 2.36. The van der Waals surface area contributed by atoms with Crippen molar-refractivity contribution < 1.29 is 48.3 Å². The fourth-order valence-corrected chi connectivity index (χ4v) is 13.9. The third kappa shape index (κ3) is 19.1. The molecular weight excluding hydrogens is 1640 g/mol. The molecule has 2 aliphatic carbocycles. The molecule has 34 nitrogen and oxygen atoms in total. The summed E-state index contributed by atoms with van der Waals surface area (Å²) in [6, 6.07) is 21.2. The van der Waals surface area contributed by atoms with Crippen LogP contribution in [-0.4, -0.2) is 163 Å². The van der Waals surface area contributed by atoms with Gasteiger partial charge in [-0.25, -0.2) is 39.1 Å². The maximum atomic E-state index is 12.3. The van der Waals surface area contributed by atoms with Crippen molar-refractivity contribution in [3.8, 4) is 23.0 Å². The minimum atomic E-state index is -0.659. The highest BCUT2D eigenvalue weighted by molar-refractivity contribution is 9.11. The van der Waals surface area contributed by atoms with Crippen molar-refractivity contribution in [2.75, 3.05) is 68.0 Å². The summed E-state index contributed by atoms with van der Waals surface area (Å²) in [4.78, 5) is 87.3. The highest BCUT2D eigenvalue weighted by Gasteiger charge is 2.30. The average Bonchev–Trinajstić information content (AvgIpc) is 1.54. The molecule has 4 aliphatic rings. The van der Waals surface area contributed by atoms with E-state index in [-0.39, 0.29) is 25.3 Å². The van der Waals surface area contributed by atoms with E-state index in [4.69, 9.17) is 18.9 Å². The monoisotopic (exact) mass is 1710 g/mol. The molecule has 4 fully saturated rings. The fourth-order valence-electron chi connectivity index (χ4n) is 12.5. The summed E-state index contributed by atoms with van der Waals surface area (Å²) in [6.45, 7) is 1.69. The summed E-state index contributed by atoms with van der Waals surface area (Å²) in [5, 5.41) is 54.0. The molecule has 554 valence electrons. The molecule has 2 saturated heterocycles. The van der Waals surface area contributed by atoms with E-state index in [2.05, 4.69) is 156 Å². The normalized spacial score (nSPS) is 15.7. The highest BCUT2D eigenvalue weighted by atomic mass is 79.9. The Bertz CT molecular complexity index is 4880. The molecule has 2 aliphatic heterocycles. The smallest absolute Gasteiger partial charge is 0.408 e. The number of halogens is 4. The molecular formula is C69H70Br4N24O10. The van der Waals surface area contributed by atoms with E-state index in [1.165, 1.54) is 65.9 Å². The number of hydrogen-bond acceptors (Lipinski definition) is 26. The van der Waals surface area contributed by atoms with Crippen molar-refractivity contribution in [3.05, 3.63) is 165 Å². The molecule has 0 unspecified atom stereocenters. The van der Waals surface area contributed by atoms with Gasteiger partial charge in [-0.1, -0.05) is 32.1 Å². The zero-order valence-electron chi connectivity index (χ0n) is 56.9. The molecule has 12 aromatic heterocycles. The standard InChI is InChI=1S/C18H19BrN6O2.2C17H17BrN6O3.C17H17BrN6O2/c19-14-11-21-25-16(24-18(26)27-13-7-4-8-20-10-13)9-15(23-17(14)25)22-12-5-2-1-3-6-12;2*18-13-9-20-24-15(22-17(26)27-12-4-1-5-19-8-12)7-14(21-16(13)24)23-6-2-3-11(23)10-25;18-13-10-20-24-15(23-17(25)26-12-6-3-7-19-9-12)8-14(22-16(13)24)21-11-4-1-2-5-11/h4,7-12H,1-3,5-6H2,(H,22,23)(H,24,26);2*1,4-5,7-9,11,25H,2-3,6,10H2,(H,22,26);3,6-11H,1-2,4-5H2,(H,21,22)(H,23,25)/t;2*11-;/m.10./s1. The van der Waals surface area contributed by atoms with Crippen LogP contribution in [0.1, 0.15) is 83.5 Å². The van der Waals surface area contributed by atoms with Gasteiger partial charge < -0.3 is 49.6 Å². The number of pyridine rings is 4. The zero-order chi connectivity index (χ0) is 74.2. The van der Waals surface area contributed by atoms with Crippen LogP contribution < -0.4 is 60.6 Å². The molecule has 0 radical (unpaired) electrons. The largest absolute Gasteiger partial charge is 0.418 e. The molecule has 0 bridgehead atoms. The van der Waals surface area contributed by atoms with Crippen LogP contribution in [0.15, 0.2) is 165 Å². The van der Waals surface area contributed by atoms with Crippen LogP contribution in [0.25, 0.3) is 22.6 Å². The Morgan fingerprint density at radius 1 is 0.393 bits per heavy atom. The second kappa shape index (κ2) is 35.5. The number of aliphatic hydroxyl groups excluding tert-OH is 2. The lowest BCUT2D eigenvalue weighted by Gasteiger charge is -2.24. The number of aromatic nitrogens is 16. The molecule has 107 heavy (non-hydrogen) atoms. The summed E-state index contributed by atoms with van der Waals surface area (Å²) in [7, 11) is 0. The van der Waals surface area contributed by atoms with E-state index in [9.17, 15) is 29.4 Å². The Balaban J connectivity index is 0.000000126. The number of ether oxygens (including phenoxy) is 4. The van der Waals surface area contributed by atoms with Gasteiger partial charge in [0.2, 0.25) is 0 Å². The van der Waals surface area contributed by atoms with Gasteiger partial charge in [0, 0.05) is 74.2 Å². The third-order valence-corrected chi connectivity index (χ3v) is 19.7. The number of carbonyl (C=O) groups is 4. The van der Waals surface area contributed by atoms with Crippen LogP contribution in [0.5, 0.6) is 23.0 Å². The number of fused-ring (bicyclic) bond motifs is 4. The second-order valence-electron chi connectivity index (χ2n) is 24.7. The Morgan fingerprint density at radius 3 is 0.991 bits per heavy atom. The van der Waals surface area contributed by atoms with Crippen molar-refractivity contribution >= 4 is 157 Å². The lowest BCUT2D eigenvalue weighted by atomic mass is 9.95. The van der Waals surface area contributed by atoms with E-state index in [0.29, 0.717) is 113 Å². The van der Waals surface area contributed by atoms with E-state index >= 15 is 0 Å². The Labute approximate surface area is 643 Å². The predicted molar refractivity (Wildman–Crippen MR) is 410 cm³/mol. The lowest BCUT2D eigenvalue weighted by Crippen LogP contribution is -2.33. The van der Waals surface area contributed by atoms with Crippen molar-refractivity contribution in [2.45, 2.75) is 108 Å². The lowest BCUT2D eigenvalue weighted by molar-refractivity contribution is 0.214. The molecule has 0 spiro atoms. The summed E-state index contributed by atoms with van der Waals surface area (Å²) >= 11 is 13.8. The number of carbonyl (C=O) groups excluding carboxylic acids is 4.